The van der Waals surface area contributed by atoms with E-state index in [0.29, 0.717) is 17.7 Å². The fourth-order valence-electron chi connectivity index (χ4n) is 5.83. The number of primary amides is 1. The van der Waals surface area contributed by atoms with Gasteiger partial charge in [0.05, 0.1) is 12.1 Å². The van der Waals surface area contributed by atoms with E-state index >= 15 is 0 Å². The van der Waals surface area contributed by atoms with Crippen molar-refractivity contribution in [2.75, 3.05) is 25.5 Å². The molecule has 3 aliphatic carbocycles. The summed E-state index contributed by atoms with van der Waals surface area (Å²) in [6.07, 6.45) is 3.38. The molecular weight excluding hydrogens is 454 g/mol. The van der Waals surface area contributed by atoms with Gasteiger partial charge in [0.2, 0.25) is 5.78 Å². The maximum Gasteiger partial charge on any atom is 0.255 e. The van der Waals surface area contributed by atoms with Crippen LogP contribution in [0.4, 0.5) is 5.69 Å². The number of amides is 1. The van der Waals surface area contributed by atoms with E-state index in [1.165, 1.54) is 0 Å². The summed E-state index contributed by atoms with van der Waals surface area (Å²) in [5.74, 6) is -6.37. The van der Waals surface area contributed by atoms with Gasteiger partial charge in [0.1, 0.15) is 22.8 Å². The zero-order valence-corrected chi connectivity index (χ0v) is 19.2. The lowest BCUT2D eigenvalue weighted by atomic mass is 9.59. The number of fused-ring (bicyclic) bond motifs is 3. The van der Waals surface area contributed by atoms with Gasteiger partial charge in [-0.05, 0) is 42.0 Å². The fraction of sp³-hybridized carbons (Fsp3) is 0.360. The highest BCUT2D eigenvalue weighted by atomic mass is 16.3. The first-order valence-corrected chi connectivity index (χ1v) is 11.2. The Morgan fingerprint density at radius 2 is 1.91 bits per heavy atom. The van der Waals surface area contributed by atoms with Gasteiger partial charge in [-0.3, -0.25) is 19.4 Å². The van der Waals surface area contributed by atoms with Crippen LogP contribution < -0.4 is 10.6 Å². The van der Waals surface area contributed by atoms with Crippen LogP contribution in [0.1, 0.15) is 29.5 Å². The van der Waals surface area contributed by atoms with Gasteiger partial charge >= 0.3 is 0 Å². The summed E-state index contributed by atoms with van der Waals surface area (Å²) >= 11 is 0. The lowest BCUT2D eigenvalue weighted by molar-refractivity contribution is -0.147. The van der Waals surface area contributed by atoms with E-state index in [1.54, 1.807) is 12.3 Å². The lowest BCUT2D eigenvalue weighted by Crippen LogP contribution is -2.58. The van der Waals surface area contributed by atoms with E-state index < -0.39 is 52.0 Å². The van der Waals surface area contributed by atoms with Crippen LogP contribution in [-0.4, -0.2) is 70.4 Å². The Labute approximate surface area is 200 Å². The highest BCUT2D eigenvalue weighted by Gasteiger charge is 2.60. The van der Waals surface area contributed by atoms with Crippen LogP contribution in [0.2, 0.25) is 0 Å². The monoisotopic (exact) mass is 479 g/mol. The Bertz CT molecular complexity index is 1350. The normalized spacial score (nSPS) is 27.5. The van der Waals surface area contributed by atoms with E-state index in [1.807, 2.05) is 25.1 Å². The first-order valence-electron chi connectivity index (χ1n) is 11.2. The predicted octanol–water partition coefficient (Wildman–Crippen LogP) is 0.958. The van der Waals surface area contributed by atoms with Crippen molar-refractivity contribution in [3.63, 3.8) is 0 Å². The van der Waals surface area contributed by atoms with Crippen molar-refractivity contribution < 1.29 is 34.8 Å². The number of ketones is 2. The van der Waals surface area contributed by atoms with Crippen LogP contribution in [0.25, 0.3) is 11.3 Å². The first-order chi connectivity index (χ1) is 16.5. The molecule has 1 fully saturated rings. The second-order valence-electron chi connectivity index (χ2n) is 9.63. The Morgan fingerprint density at radius 3 is 2.51 bits per heavy atom. The second-order valence-corrected chi connectivity index (χ2v) is 9.63. The summed E-state index contributed by atoms with van der Waals surface area (Å²) in [7, 11) is 3.65. The number of carbonyl (C=O) groups is 3. The predicted molar refractivity (Wildman–Crippen MR) is 127 cm³/mol. The lowest BCUT2D eigenvalue weighted by Gasteiger charge is -2.46. The molecule has 35 heavy (non-hydrogen) atoms. The number of nitrogens with zero attached hydrogens (tertiary/aromatic N) is 2. The van der Waals surface area contributed by atoms with Gasteiger partial charge < -0.3 is 31.1 Å². The number of rotatable bonds is 3. The van der Waals surface area contributed by atoms with Crippen LogP contribution in [0.15, 0.2) is 34.0 Å². The van der Waals surface area contributed by atoms with Crippen LogP contribution in [0.3, 0.4) is 0 Å². The molecule has 1 aromatic carbocycles. The minimum Gasteiger partial charge on any atom is -0.508 e. The molecule has 182 valence electrons. The van der Waals surface area contributed by atoms with Crippen molar-refractivity contribution >= 4 is 40.7 Å². The smallest absolute Gasteiger partial charge is 0.255 e. The molecule has 1 aliphatic heterocycles. The molecule has 10 heteroatoms. The molecule has 0 spiro atoms. The van der Waals surface area contributed by atoms with Crippen LogP contribution in [0, 0.1) is 11.8 Å². The van der Waals surface area contributed by atoms with Crippen molar-refractivity contribution in [2.24, 2.45) is 22.6 Å². The Kier molecular flexibility index (Phi) is 4.92. The fourth-order valence-corrected chi connectivity index (χ4v) is 5.83. The number of aliphatic hydroxyl groups excluding tert-OH is 2. The summed E-state index contributed by atoms with van der Waals surface area (Å²) in [6, 6.07) is 1.81. The average molecular weight is 479 g/mol. The number of nitrogens with two attached hydrogens (primary N) is 1. The summed E-state index contributed by atoms with van der Waals surface area (Å²) in [5.41, 5.74) is 4.31. The minimum absolute atomic E-state index is 0.0751. The molecule has 10 nitrogen and oxygen atoms in total. The molecule has 4 aliphatic rings. The van der Waals surface area contributed by atoms with Crippen molar-refractivity contribution in [1.82, 2.24) is 0 Å². The third kappa shape index (κ3) is 2.99. The maximum absolute atomic E-state index is 13.6. The number of carbonyl (C=O) groups excluding carboxylic acids is 3. The van der Waals surface area contributed by atoms with Gasteiger partial charge in [-0.15, -0.1) is 0 Å². The summed E-state index contributed by atoms with van der Waals surface area (Å²) in [4.78, 5) is 43.9. The molecular formula is C25H25N3O7. The molecule has 5 rings (SSSR count). The largest absolute Gasteiger partial charge is 0.508 e. The molecule has 1 amide bonds. The zero-order chi connectivity index (χ0) is 25.4. The number of Topliss-reactive ketones (excluding diaryl/α,β-unsaturated/α-hetero) is 2. The highest BCUT2D eigenvalue weighted by Crippen LogP contribution is 2.54. The summed E-state index contributed by atoms with van der Waals surface area (Å²) in [5, 5.41) is 44.6. The quantitative estimate of drug-likeness (QED) is 0.399. The van der Waals surface area contributed by atoms with Crippen LogP contribution >= 0.6 is 0 Å². The van der Waals surface area contributed by atoms with Gasteiger partial charge in [-0.1, -0.05) is 0 Å². The molecule has 1 saturated carbocycles. The van der Waals surface area contributed by atoms with E-state index in [9.17, 15) is 34.8 Å². The van der Waals surface area contributed by atoms with E-state index in [0.717, 1.165) is 11.3 Å². The molecule has 0 saturated heterocycles. The van der Waals surface area contributed by atoms with Crippen molar-refractivity contribution in [3.8, 4) is 5.75 Å². The van der Waals surface area contributed by atoms with Crippen molar-refractivity contribution in [2.45, 2.75) is 24.9 Å². The van der Waals surface area contributed by atoms with E-state index in [2.05, 4.69) is 4.99 Å². The minimum atomic E-state index is -2.57. The van der Waals surface area contributed by atoms with E-state index in [4.69, 9.17) is 5.73 Å². The molecule has 0 aromatic heterocycles. The average Bonchev–Trinajstić information content (AvgIpc) is 3.30. The van der Waals surface area contributed by atoms with Gasteiger partial charge in [-0.2, -0.15) is 0 Å². The maximum atomic E-state index is 13.6. The Hall–Kier alpha value is -3.92. The third-order valence-electron chi connectivity index (χ3n) is 7.51. The zero-order valence-electron chi connectivity index (χ0n) is 19.2. The van der Waals surface area contributed by atoms with Crippen LogP contribution in [0.5, 0.6) is 5.75 Å². The number of phenols is 1. The number of anilines is 1. The van der Waals surface area contributed by atoms with Gasteiger partial charge in [0.25, 0.3) is 5.91 Å². The molecule has 3 atom stereocenters. The molecule has 0 bridgehead atoms. The summed E-state index contributed by atoms with van der Waals surface area (Å²) in [6.45, 7) is 0.349. The van der Waals surface area contributed by atoms with E-state index in [-0.39, 0.29) is 36.1 Å². The number of benzene rings is 1. The van der Waals surface area contributed by atoms with Crippen LogP contribution in [-0.2, 0) is 20.8 Å². The molecule has 6 N–H and O–H groups in total. The Morgan fingerprint density at radius 1 is 1.20 bits per heavy atom. The van der Waals surface area contributed by atoms with Crippen molar-refractivity contribution in [3.05, 3.63) is 45.7 Å². The number of phenolic OH excluding ortho intramolecular Hbond substituents is 1. The number of hydrogen-bond donors (Lipinski definition) is 5. The molecule has 0 radical (unpaired) electrons. The topological polar surface area (TPSA) is 174 Å². The number of aromatic hydroxyl groups is 1. The standard InChI is InChI=1S/C25H25N3O7/c1-28(2)15-8-13(10-3-4-27-9-10)20(30)18-14(15)6-11-5-12-7-16(29)19(24(26)34)23(33)25(12,35)22(32)17(11)21(18)31/h3-4,8,11-12,30-31,33,35H,5-7,9H2,1-2H3,(H2,26,34)/t11-,12+,25+/m1/s1. The number of allylic oxidation sites excluding steroid dienone is 1. The first kappa shape index (κ1) is 22.9. The van der Waals surface area contributed by atoms with Crippen molar-refractivity contribution in [1.29, 1.82) is 0 Å². The molecule has 1 aromatic rings. The molecule has 0 unspecified atom stereocenters. The number of hydrogen-bond acceptors (Lipinski definition) is 9. The highest BCUT2D eigenvalue weighted by molar-refractivity contribution is 6.22. The third-order valence-corrected chi connectivity index (χ3v) is 7.51. The van der Waals surface area contributed by atoms with Gasteiger partial charge in [0, 0.05) is 49.5 Å². The summed E-state index contributed by atoms with van der Waals surface area (Å²) < 4.78 is 0. The molecule has 1 heterocycles. The van der Waals surface area contributed by atoms with Gasteiger partial charge in [-0.25, -0.2) is 0 Å². The SMILES string of the molecule is CN(C)c1cc(C2=CC=NC2)c(O)c2c1C[C@H]1C[C@H]3CC(=O)C(C(N)=O)=C(O)[C@@]3(O)C(=O)C1=C2O. The number of aliphatic imine (C=N–C) groups is 1. The second kappa shape index (κ2) is 7.54. The Balaban J connectivity index is 1.74. The van der Waals surface area contributed by atoms with Gasteiger partial charge in [0.15, 0.2) is 11.4 Å². The number of aliphatic hydroxyl groups is 3.